The summed E-state index contributed by atoms with van der Waals surface area (Å²) < 4.78 is 16.2. The Morgan fingerprint density at radius 1 is 1.09 bits per heavy atom. The Morgan fingerprint density at radius 2 is 1.74 bits per heavy atom. The standard InChI is InChI=1S/C27H28BrFN2O3/c1-19(15-20-7-3-2-4-8-20)26(33)30-13-11-27(34,12-14-30)18-31-17-23(28)22(16-25(31)32)21-9-5-6-10-24(21)29/h2-10,16-17,19,34H,11-15,18H2,1H3. The van der Waals surface area contributed by atoms with E-state index in [-0.39, 0.29) is 23.9 Å². The van der Waals surface area contributed by atoms with Crippen molar-refractivity contribution in [1.82, 2.24) is 9.47 Å². The van der Waals surface area contributed by atoms with Gasteiger partial charge in [0.1, 0.15) is 5.82 Å². The largest absolute Gasteiger partial charge is 0.388 e. The number of likely N-dealkylation sites (tertiary alicyclic amines) is 1. The first-order valence-corrected chi connectivity index (χ1v) is 12.2. The molecule has 3 aromatic rings. The van der Waals surface area contributed by atoms with Crippen molar-refractivity contribution < 1.29 is 14.3 Å². The molecule has 178 valence electrons. The number of rotatable bonds is 6. The molecule has 5 nitrogen and oxygen atoms in total. The third kappa shape index (κ3) is 5.47. The minimum absolute atomic E-state index is 0.0834. The fourth-order valence-electron chi connectivity index (χ4n) is 4.54. The zero-order valence-corrected chi connectivity index (χ0v) is 20.7. The Labute approximate surface area is 207 Å². The lowest BCUT2D eigenvalue weighted by atomic mass is 9.90. The van der Waals surface area contributed by atoms with Crippen molar-refractivity contribution in [1.29, 1.82) is 0 Å². The number of carbonyl (C=O) groups excluding carboxylic acids is 1. The number of aliphatic hydroxyl groups is 1. The second kappa shape index (κ2) is 10.2. The van der Waals surface area contributed by atoms with Crippen LogP contribution in [0.25, 0.3) is 11.1 Å². The van der Waals surface area contributed by atoms with Gasteiger partial charge in [-0.15, -0.1) is 0 Å². The monoisotopic (exact) mass is 526 g/mol. The predicted molar refractivity (Wildman–Crippen MR) is 134 cm³/mol. The van der Waals surface area contributed by atoms with Crippen LogP contribution in [0, 0.1) is 11.7 Å². The molecule has 1 unspecified atom stereocenters. The van der Waals surface area contributed by atoms with E-state index in [4.69, 9.17) is 0 Å². The van der Waals surface area contributed by atoms with E-state index in [1.54, 1.807) is 24.4 Å². The van der Waals surface area contributed by atoms with E-state index in [0.29, 0.717) is 48.0 Å². The van der Waals surface area contributed by atoms with Gasteiger partial charge in [0.05, 0.1) is 12.1 Å². The first-order valence-electron chi connectivity index (χ1n) is 11.5. The molecular weight excluding hydrogens is 499 g/mol. The van der Waals surface area contributed by atoms with Crippen LogP contribution >= 0.6 is 15.9 Å². The van der Waals surface area contributed by atoms with E-state index in [1.165, 1.54) is 16.7 Å². The van der Waals surface area contributed by atoms with Crippen LogP contribution in [0.5, 0.6) is 0 Å². The number of piperidine rings is 1. The average molecular weight is 527 g/mol. The number of halogens is 2. The van der Waals surface area contributed by atoms with Gasteiger partial charge in [-0.05, 0) is 46.8 Å². The van der Waals surface area contributed by atoms with Crippen LogP contribution in [0.4, 0.5) is 4.39 Å². The summed E-state index contributed by atoms with van der Waals surface area (Å²) in [6, 6.07) is 17.6. The molecule has 1 N–H and O–H groups in total. The van der Waals surface area contributed by atoms with E-state index in [1.807, 2.05) is 42.2 Å². The van der Waals surface area contributed by atoms with E-state index < -0.39 is 11.4 Å². The van der Waals surface area contributed by atoms with Crippen molar-refractivity contribution in [2.45, 2.75) is 38.3 Å². The first-order chi connectivity index (χ1) is 16.3. The maximum atomic E-state index is 14.2. The lowest BCUT2D eigenvalue weighted by Gasteiger charge is -2.39. The summed E-state index contributed by atoms with van der Waals surface area (Å²) in [4.78, 5) is 27.5. The van der Waals surface area contributed by atoms with Crippen molar-refractivity contribution >= 4 is 21.8 Å². The molecule has 1 amide bonds. The number of nitrogens with zero attached hydrogens (tertiary/aromatic N) is 2. The molecule has 2 aromatic carbocycles. The van der Waals surface area contributed by atoms with E-state index in [0.717, 1.165) is 5.56 Å². The molecule has 1 aliphatic rings. The number of amides is 1. The van der Waals surface area contributed by atoms with Gasteiger partial charge in [0.2, 0.25) is 5.91 Å². The fraction of sp³-hybridized carbons (Fsp3) is 0.333. The van der Waals surface area contributed by atoms with Gasteiger partial charge in [0.25, 0.3) is 5.56 Å². The van der Waals surface area contributed by atoms with Crippen molar-refractivity contribution in [3.8, 4) is 11.1 Å². The van der Waals surface area contributed by atoms with Gasteiger partial charge >= 0.3 is 0 Å². The van der Waals surface area contributed by atoms with Gasteiger partial charge < -0.3 is 14.6 Å². The molecule has 1 atom stereocenters. The highest BCUT2D eigenvalue weighted by atomic mass is 79.9. The third-order valence-electron chi connectivity index (χ3n) is 6.52. The van der Waals surface area contributed by atoms with Crippen LogP contribution in [-0.2, 0) is 17.8 Å². The first kappa shape index (κ1) is 24.4. The number of benzene rings is 2. The van der Waals surface area contributed by atoms with Crippen LogP contribution in [0.2, 0.25) is 0 Å². The van der Waals surface area contributed by atoms with Gasteiger partial charge in [-0.1, -0.05) is 55.5 Å². The highest BCUT2D eigenvalue weighted by molar-refractivity contribution is 9.10. The maximum absolute atomic E-state index is 14.2. The van der Waals surface area contributed by atoms with Gasteiger partial charge in [0.15, 0.2) is 0 Å². The molecule has 4 rings (SSSR count). The molecule has 0 radical (unpaired) electrons. The quantitative estimate of drug-likeness (QED) is 0.508. The predicted octanol–water partition coefficient (Wildman–Crippen LogP) is 4.65. The molecule has 1 fully saturated rings. The number of pyridine rings is 1. The maximum Gasteiger partial charge on any atom is 0.251 e. The molecular formula is C27H28BrFN2O3. The SMILES string of the molecule is CC(Cc1ccccc1)C(=O)N1CCC(O)(Cn2cc(Br)c(-c3ccccc3F)cc2=O)CC1. The third-order valence-corrected chi connectivity index (χ3v) is 7.15. The summed E-state index contributed by atoms with van der Waals surface area (Å²) in [5, 5.41) is 11.2. The second-order valence-corrected chi connectivity index (χ2v) is 9.98. The van der Waals surface area contributed by atoms with Crippen molar-refractivity contribution in [3.63, 3.8) is 0 Å². The van der Waals surface area contributed by atoms with Crippen LogP contribution in [0.1, 0.15) is 25.3 Å². The molecule has 1 saturated heterocycles. The Kier molecular flexibility index (Phi) is 7.33. The number of hydrogen-bond donors (Lipinski definition) is 1. The average Bonchev–Trinajstić information content (AvgIpc) is 2.82. The summed E-state index contributed by atoms with van der Waals surface area (Å²) in [6.45, 7) is 2.93. The zero-order chi connectivity index (χ0) is 24.3. The molecule has 1 aliphatic heterocycles. The molecule has 0 aliphatic carbocycles. The highest BCUT2D eigenvalue weighted by Gasteiger charge is 2.35. The van der Waals surface area contributed by atoms with E-state index >= 15 is 0 Å². The number of hydrogen-bond acceptors (Lipinski definition) is 3. The summed E-state index contributed by atoms with van der Waals surface area (Å²) in [5.74, 6) is -0.462. The topological polar surface area (TPSA) is 62.5 Å². The number of carbonyl (C=O) groups is 1. The lowest BCUT2D eigenvalue weighted by molar-refractivity contribution is -0.139. The van der Waals surface area contributed by atoms with Crippen LogP contribution < -0.4 is 5.56 Å². The molecule has 1 aromatic heterocycles. The Bertz CT molecular complexity index is 1220. The Balaban J connectivity index is 1.41. The van der Waals surface area contributed by atoms with Gasteiger partial charge in [-0.2, -0.15) is 0 Å². The molecule has 7 heteroatoms. The minimum Gasteiger partial charge on any atom is -0.388 e. The molecule has 0 bridgehead atoms. The molecule has 0 saturated carbocycles. The second-order valence-electron chi connectivity index (χ2n) is 9.12. The Morgan fingerprint density at radius 3 is 2.41 bits per heavy atom. The number of aromatic nitrogens is 1. The van der Waals surface area contributed by atoms with Crippen molar-refractivity contribution in [3.05, 3.63) is 93.1 Å². The summed E-state index contributed by atoms with van der Waals surface area (Å²) in [7, 11) is 0. The van der Waals surface area contributed by atoms with Crippen LogP contribution in [0.3, 0.4) is 0 Å². The molecule has 2 heterocycles. The summed E-state index contributed by atoms with van der Waals surface area (Å²) in [5.41, 5.74) is 0.529. The zero-order valence-electron chi connectivity index (χ0n) is 19.1. The van der Waals surface area contributed by atoms with Crippen molar-refractivity contribution in [2.75, 3.05) is 13.1 Å². The van der Waals surface area contributed by atoms with Crippen molar-refractivity contribution in [2.24, 2.45) is 5.92 Å². The smallest absolute Gasteiger partial charge is 0.251 e. The van der Waals surface area contributed by atoms with E-state index in [2.05, 4.69) is 15.9 Å². The van der Waals surface area contributed by atoms with E-state index in [9.17, 15) is 19.1 Å². The minimum atomic E-state index is -1.10. The summed E-state index contributed by atoms with van der Waals surface area (Å²) in [6.07, 6.45) is 3.05. The van der Waals surface area contributed by atoms with Gasteiger partial charge in [-0.3, -0.25) is 9.59 Å². The summed E-state index contributed by atoms with van der Waals surface area (Å²) >= 11 is 3.45. The fourth-order valence-corrected chi connectivity index (χ4v) is 5.12. The van der Waals surface area contributed by atoms with Crippen LogP contribution in [0.15, 0.2) is 76.1 Å². The lowest BCUT2D eigenvalue weighted by Crippen LogP contribution is -2.50. The Hall–Kier alpha value is -2.77. The van der Waals surface area contributed by atoms with Crippen LogP contribution in [-0.4, -0.2) is 39.2 Å². The highest BCUT2D eigenvalue weighted by Crippen LogP contribution is 2.30. The normalized spacial score (nSPS) is 16.3. The molecule has 34 heavy (non-hydrogen) atoms. The molecule has 0 spiro atoms. The van der Waals surface area contributed by atoms with Gasteiger partial charge in [-0.25, -0.2) is 4.39 Å². The van der Waals surface area contributed by atoms with Gasteiger partial charge in [0, 0.05) is 46.9 Å².